The first kappa shape index (κ1) is 17.0. The standard InChI is InChI=1S/C20H24N4O2/c25-12-7-18(26)23-11-8-20(16-5-2-1-3-6-16)15-24(14-17(20)13-23)19-21-9-4-10-22-19/h1-6,9-10,17,25H,7-8,11-15H2. The van der Waals surface area contributed by atoms with Gasteiger partial charge in [0.25, 0.3) is 0 Å². The molecule has 0 spiro atoms. The van der Waals surface area contributed by atoms with Crippen molar-refractivity contribution >= 4 is 11.9 Å². The predicted octanol–water partition coefficient (Wildman–Crippen LogP) is 1.47. The first-order chi connectivity index (χ1) is 12.7. The van der Waals surface area contributed by atoms with Gasteiger partial charge in [0.05, 0.1) is 6.61 Å². The van der Waals surface area contributed by atoms with Crippen molar-refractivity contribution in [3.05, 3.63) is 54.4 Å². The Kier molecular flexibility index (Phi) is 4.59. The van der Waals surface area contributed by atoms with Gasteiger partial charge in [0.15, 0.2) is 0 Å². The van der Waals surface area contributed by atoms with Crippen molar-refractivity contribution in [2.75, 3.05) is 37.7 Å². The molecule has 2 aliphatic heterocycles. The maximum atomic E-state index is 12.3. The smallest absolute Gasteiger partial charge is 0.225 e. The zero-order valence-electron chi connectivity index (χ0n) is 14.8. The third-order valence-corrected chi connectivity index (χ3v) is 5.83. The van der Waals surface area contributed by atoms with Crippen LogP contribution in [0.2, 0.25) is 0 Å². The molecule has 0 bridgehead atoms. The molecule has 1 amide bonds. The molecule has 2 aliphatic rings. The second-order valence-corrected chi connectivity index (χ2v) is 7.21. The third-order valence-electron chi connectivity index (χ3n) is 5.83. The van der Waals surface area contributed by atoms with Gasteiger partial charge in [-0.25, -0.2) is 9.97 Å². The van der Waals surface area contributed by atoms with Crippen molar-refractivity contribution in [1.29, 1.82) is 0 Å². The zero-order valence-corrected chi connectivity index (χ0v) is 14.8. The van der Waals surface area contributed by atoms with Gasteiger partial charge in [0.1, 0.15) is 0 Å². The van der Waals surface area contributed by atoms with E-state index in [9.17, 15) is 4.79 Å². The van der Waals surface area contributed by atoms with Gasteiger partial charge in [0, 0.05) is 56.3 Å². The van der Waals surface area contributed by atoms with E-state index in [1.54, 1.807) is 12.4 Å². The Morgan fingerprint density at radius 2 is 1.92 bits per heavy atom. The van der Waals surface area contributed by atoms with Gasteiger partial charge in [-0.1, -0.05) is 30.3 Å². The van der Waals surface area contributed by atoms with Crippen LogP contribution in [0.3, 0.4) is 0 Å². The molecule has 1 aromatic carbocycles. The van der Waals surface area contributed by atoms with E-state index in [4.69, 9.17) is 5.11 Å². The summed E-state index contributed by atoms with van der Waals surface area (Å²) >= 11 is 0. The fourth-order valence-electron chi connectivity index (χ4n) is 4.51. The third kappa shape index (κ3) is 2.94. The number of fused-ring (bicyclic) bond motifs is 1. The van der Waals surface area contributed by atoms with Crippen molar-refractivity contribution < 1.29 is 9.90 Å². The van der Waals surface area contributed by atoms with E-state index in [1.807, 2.05) is 17.0 Å². The normalized spacial score (nSPS) is 25.2. The molecule has 2 aromatic rings. The van der Waals surface area contributed by atoms with Gasteiger partial charge in [-0.15, -0.1) is 0 Å². The molecule has 6 heteroatoms. The largest absolute Gasteiger partial charge is 0.396 e. The molecule has 2 unspecified atom stereocenters. The molecule has 4 rings (SSSR count). The number of anilines is 1. The van der Waals surface area contributed by atoms with Gasteiger partial charge < -0.3 is 14.9 Å². The zero-order chi connectivity index (χ0) is 18.0. The van der Waals surface area contributed by atoms with Crippen LogP contribution in [-0.2, 0) is 10.2 Å². The topological polar surface area (TPSA) is 69.6 Å². The number of hydrogen-bond acceptors (Lipinski definition) is 5. The molecule has 0 radical (unpaired) electrons. The Hall–Kier alpha value is -2.47. The van der Waals surface area contributed by atoms with Crippen LogP contribution in [0.15, 0.2) is 48.8 Å². The molecule has 136 valence electrons. The Balaban J connectivity index is 1.64. The summed E-state index contributed by atoms with van der Waals surface area (Å²) in [5.41, 5.74) is 1.34. The van der Waals surface area contributed by atoms with Crippen LogP contribution in [0.25, 0.3) is 0 Å². The number of aliphatic hydroxyl groups excluding tert-OH is 1. The van der Waals surface area contributed by atoms with E-state index in [0.717, 1.165) is 38.5 Å². The highest BCUT2D eigenvalue weighted by Crippen LogP contribution is 2.45. The van der Waals surface area contributed by atoms with E-state index in [0.29, 0.717) is 5.92 Å². The molecule has 2 saturated heterocycles. The lowest BCUT2D eigenvalue weighted by Crippen LogP contribution is -2.51. The summed E-state index contributed by atoms with van der Waals surface area (Å²) in [7, 11) is 0. The Bertz CT molecular complexity index is 755. The average Bonchev–Trinajstić information content (AvgIpc) is 3.09. The molecular formula is C20H24N4O2. The summed E-state index contributed by atoms with van der Waals surface area (Å²) in [4.78, 5) is 25.3. The van der Waals surface area contributed by atoms with Crippen LogP contribution in [-0.4, -0.2) is 58.7 Å². The number of carbonyl (C=O) groups is 1. The number of likely N-dealkylation sites (tertiary alicyclic amines) is 1. The molecule has 1 aromatic heterocycles. The van der Waals surface area contributed by atoms with E-state index in [2.05, 4.69) is 39.1 Å². The summed E-state index contributed by atoms with van der Waals surface area (Å²) < 4.78 is 0. The van der Waals surface area contributed by atoms with Crippen molar-refractivity contribution in [2.45, 2.75) is 18.3 Å². The molecular weight excluding hydrogens is 328 g/mol. The average molecular weight is 352 g/mol. The van der Waals surface area contributed by atoms with Crippen LogP contribution in [0, 0.1) is 5.92 Å². The highest BCUT2D eigenvalue weighted by molar-refractivity contribution is 5.76. The molecule has 2 atom stereocenters. The van der Waals surface area contributed by atoms with Crippen LogP contribution >= 0.6 is 0 Å². The number of aromatic nitrogens is 2. The van der Waals surface area contributed by atoms with Crippen LogP contribution in [0.4, 0.5) is 5.95 Å². The van der Waals surface area contributed by atoms with Gasteiger partial charge in [0.2, 0.25) is 11.9 Å². The number of aliphatic hydroxyl groups is 1. The van der Waals surface area contributed by atoms with Gasteiger partial charge in [-0.05, 0) is 18.1 Å². The fraction of sp³-hybridized carbons (Fsp3) is 0.450. The van der Waals surface area contributed by atoms with Crippen LogP contribution in [0.5, 0.6) is 0 Å². The van der Waals surface area contributed by atoms with Crippen LogP contribution in [0.1, 0.15) is 18.4 Å². The first-order valence-corrected chi connectivity index (χ1v) is 9.19. The summed E-state index contributed by atoms with van der Waals surface area (Å²) in [5.74, 6) is 1.12. The van der Waals surface area contributed by atoms with Gasteiger partial charge in [-0.3, -0.25) is 4.79 Å². The number of amides is 1. The first-order valence-electron chi connectivity index (χ1n) is 9.19. The molecule has 6 nitrogen and oxygen atoms in total. The minimum atomic E-state index is -0.0895. The lowest BCUT2D eigenvalue weighted by atomic mass is 9.68. The second-order valence-electron chi connectivity index (χ2n) is 7.21. The quantitative estimate of drug-likeness (QED) is 0.902. The molecule has 26 heavy (non-hydrogen) atoms. The number of piperidine rings is 1. The number of nitrogens with zero attached hydrogens (tertiary/aromatic N) is 4. The molecule has 0 saturated carbocycles. The second kappa shape index (κ2) is 7.03. The maximum Gasteiger partial charge on any atom is 0.225 e. The van der Waals surface area contributed by atoms with E-state index in [1.165, 1.54) is 5.56 Å². The van der Waals surface area contributed by atoms with Gasteiger partial charge in [-0.2, -0.15) is 0 Å². The Morgan fingerprint density at radius 3 is 2.65 bits per heavy atom. The lowest BCUT2D eigenvalue weighted by Gasteiger charge is -2.43. The highest BCUT2D eigenvalue weighted by Gasteiger charge is 2.51. The SMILES string of the molecule is O=C(CCO)N1CCC2(c3ccccc3)CN(c3ncccn3)CC2C1. The summed E-state index contributed by atoms with van der Waals surface area (Å²) in [6.07, 6.45) is 4.67. The minimum Gasteiger partial charge on any atom is -0.396 e. The van der Waals surface area contributed by atoms with Crippen molar-refractivity contribution in [2.24, 2.45) is 5.92 Å². The maximum absolute atomic E-state index is 12.3. The number of hydrogen-bond donors (Lipinski definition) is 1. The number of rotatable bonds is 4. The number of benzene rings is 1. The van der Waals surface area contributed by atoms with Crippen molar-refractivity contribution in [3.8, 4) is 0 Å². The summed E-state index contributed by atoms with van der Waals surface area (Å²) in [6.45, 7) is 3.06. The number of carbonyl (C=O) groups excluding carboxylic acids is 1. The molecule has 3 heterocycles. The van der Waals surface area contributed by atoms with E-state index >= 15 is 0 Å². The van der Waals surface area contributed by atoms with Crippen molar-refractivity contribution in [3.63, 3.8) is 0 Å². The lowest BCUT2D eigenvalue weighted by molar-refractivity contribution is -0.134. The van der Waals surface area contributed by atoms with E-state index in [-0.39, 0.29) is 24.3 Å². The molecule has 2 fully saturated rings. The summed E-state index contributed by atoms with van der Waals surface area (Å²) in [6, 6.07) is 12.5. The minimum absolute atomic E-state index is 0.0104. The van der Waals surface area contributed by atoms with Crippen molar-refractivity contribution in [1.82, 2.24) is 14.9 Å². The summed E-state index contributed by atoms with van der Waals surface area (Å²) in [5, 5.41) is 9.10. The molecule has 0 aliphatic carbocycles. The van der Waals surface area contributed by atoms with Crippen LogP contribution < -0.4 is 4.90 Å². The Morgan fingerprint density at radius 1 is 1.15 bits per heavy atom. The highest BCUT2D eigenvalue weighted by atomic mass is 16.3. The van der Waals surface area contributed by atoms with E-state index < -0.39 is 0 Å². The Labute approximate surface area is 153 Å². The fourth-order valence-corrected chi connectivity index (χ4v) is 4.51. The monoisotopic (exact) mass is 352 g/mol. The van der Waals surface area contributed by atoms with Gasteiger partial charge >= 0.3 is 0 Å². The molecule has 1 N–H and O–H groups in total. The predicted molar refractivity (Wildman–Crippen MR) is 98.8 cm³/mol.